The summed E-state index contributed by atoms with van der Waals surface area (Å²) >= 11 is 0. The van der Waals surface area contributed by atoms with E-state index in [0.29, 0.717) is 37.1 Å². The van der Waals surface area contributed by atoms with E-state index in [2.05, 4.69) is 11.9 Å². The van der Waals surface area contributed by atoms with Crippen LogP contribution in [0.1, 0.15) is 52.4 Å². The monoisotopic (exact) mass is 409 g/mol. The van der Waals surface area contributed by atoms with Crippen molar-refractivity contribution in [1.82, 2.24) is 15.1 Å². The molecule has 0 aromatic rings. The predicted octanol–water partition coefficient (Wildman–Crippen LogP) is 1.56. The van der Waals surface area contributed by atoms with E-state index in [1.165, 1.54) is 0 Å². The number of likely N-dealkylation sites (tertiary alicyclic amines) is 1. The van der Waals surface area contributed by atoms with Crippen LogP contribution in [0.25, 0.3) is 0 Å². The lowest BCUT2D eigenvalue weighted by Crippen LogP contribution is -2.48. The molecule has 1 saturated heterocycles. The Morgan fingerprint density at radius 2 is 1.97 bits per heavy atom. The summed E-state index contributed by atoms with van der Waals surface area (Å²) in [6.07, 6.45) is 4.26. The fraction of sp³-hybridized carbons (Fsp3) is 0.667. The van der Waals surface area contributed by atoms with Crippen LogP contribution in [0.3, 0.4) is 0 Å². The average molecular weight is 410 g/mol. The molecule has 1 unspecified atom stereocenters. The van der Waals surface area contributed by atoms with Gasteiger partial charge in [0.05, 0.1) is 18.3 Å². The number of carbonyl (C=O) groups is 3. The first-order valence-corrected chi connectivity index (χ1v) is 10.1. The smallest absolute Gasteiger partial charge is 0.335 e. The molecule has 2 amide bonds. The highest BCUT2D eigenvalue weighted by atomic mass is 16.5. The van der Waals surface area contributed by atoms with Gasteiger partial charge in [0.15, 0.2) is 0 Å². The van der Waals surface area contributed by atoms with Crippen molar-refractivity contribution in [3.05, 3.63) is 23.4 Å². The summed E-state index contributed by atoms with van der Waals surface area (Å²) in [5, 5.41) is 11.6. The van der Waals surface area contributed by atoms with Gasteiger partial charge in [-0.25, -0.2) is 4.79 Å². The Morgan fingerprint density at radius 1 is 1.28 bits per heavy atom. The number of ether oxygens (including phenoxy) is 1. The third-order valence-electron chi connectivity index (χ3n) is 4.95. The first kappa shape index (κ1) is 24.8. The van der Waals surface area contributed by atoms with Crippen LogP contribution in [0.4, 0.5) is 0 Å². The van der Waals surface area contributed by atoms with Crippen molar-refractivity contribution >= 4 is 17.8 Å². The first-order chi connectivity index (χ1) is 13.7. The molecule has 2 N–H and O–H groups in total. The summed E-state index contributed by atoms with van der Waals surface area (Å²) in [6, 6.07) is 0. The molecule has 1 atom stereocenters. The number of nitrogens with zero attached hydrogens (tertiary/aromatic N) is 2. The Labute approximate surface area is 173 Å². The number of amides is 2. The summed E-state index contributed by atoms with van der Waals surface area (Å²) in [5.74, 6) is -0.832. The van der Waals surface area contributed by atoms with Crippen LogP contribution in [-0.4, -0.2) is 72.7 Å². The molecule has 164 valence electrons. The van der Waals surface area contributed by atoms with E-state index in [1.54, 1.807) is 13.8 Å². The third-order valence-corrected chi connectivity index (χ3v) is 4.95. The van der Waals surface area contributed by atoms with Gasteiger partial charge in [-0.05, 0) is 53.6 Å². The molecule has 29 heavy (non-hydrogen) atoms. The van der Waals surface area contributed by atoms with E-state index < -0.39 is 5.97 Å². The molecule has 1 aliphatic rings. The van der Waals surface area contributed by atoms with Crippen LogP contribution in [0.2, 0.25) is 0 Å². The Kier molecular flexibility index (Phi) is 10.6. The highest BCUT2D eigenvalue weighted by molar-refractivity contribution is 5.95. The average Bonchev–Trinajstić information content (AvgIpc) is 2.88. The second kappa shape index (κ2) is 12.4. The van der Waals surface area contributed by atoms with E-state index in [-0.39, 0.29) is 36.8 Å². The molecule has 8 nitrogen and oxygen atoms in total. The molecule has 8 heteroatoms. The Hall–Kier alpha value is -2.19. The summed E-state index contributed by atoms with van der Waals surface area (Å²) in [5.41, 5.74) is 1.04. The molecule has 0 aromatic heterocycles. The van der Waals surface area contributed by atoms with Crippen molar-refractivity contribution in [2.75, 3.05) is 33.9 Å². The SMILES string of the molecule is C=C(C)C(=O)NC(CCC(N(C)C)N1CCCCCC1=O)=C(C)C(=O)OCCO. The quantitative estimate of drug-likeness (QED) is 0.420. The number of allylic oxidation sites excluding steroid dienone is 1. The van der Waals surface area contributed by atoms with Gasteiger partial charge in [0.25, 0.3) is 0 Å². The van der Waals surface area contributed by atoms with Gasteiger partial charge >= 0.3 is 5.97 Å². The van der Waals surface area contributed by atoms with Crippen molar-refractivity contribution in [3.63, 3.8) is 0 Å². The molecule has 0 spiro atoms. The highest BCUT2D eigenvalue weighted by Gasteiger charge is 2.27. The first-order valence-electron chi connectivity index (χ1n) is 10.1. The maximum atomic E-state index is 12.5. The zero-order chi connectivity index (χ0) is 22.0. The van der Waals surface area contributed by atoms with Gasteiger partial charge in [0, 0.05) is 24.2 Å². The number of carbonyl (C=O) groups excluding carboxylic acids is 3. The van der Waals surface area contributed by atoms with Gasteiger partial charge in [-0.3, -0.25) is 14.5 Å². The molecular formula is C21H35N3O5. The zero-order valence-corrected chi connectivity index (χ0v) is 18.1. The van der Waals surface area contributed by atoms with Crippen LogP contribution in [0.15, 0.2) is 23.4 Å². The molecule has 0 aromatic carbocycles. The van der Waals surface area contributed by atoms with Crippen LogP contribution < -0.4 is 5.32 Å². The minimum Gasteiger partial charge on any atom is -0.460 e. The lowest BCUT2D eigenvalue weighted by molar-refractivity contribution is -0.140. The maximum absolute atomic E-state index is 12.5. The van der Waals surface area contributed by atoms with Gasteiger partial charge in [-0.2, -0.15) is 0 Å². The van der Waals surface area contributed by atoms with E-state index in [4.69, 9.17) is 9.84 Å². The zero-order valence-electron chi connectivity index (χ0n) is 18.1. The summed E-state index contributed by atoms with van der Waals surface area (Å²) in [6.45, 7) is 7.12. The number of aliphatic hydroxyl groups excluding tert-OH is 1. The van der Waals surface area contributed by atoms with Crippen molar-refractivity contribution in [3.8, 4) is 0 Å². The van der Waals surface area contributed by atoms with E-state index in [9.17, 15) is 14.4 Å². The topological polar surface area (TPSA) is 99.2 Å². The van der Waals surface area contributed by atoms with E-state index >= 15 is 0 Å². The summed E-state index contributed by atoms with van der Waals surface area (Å²) in [7, 11) is 3.84. The molecule has 0 bridgehead atoms. The van der Waals surface area contributed by atoms with Gasteiger partial charge in [0.1, 0.15) is 6.61 Å². The third kappa shape index (κ3) is 7.98. The fourth-order valence-corrected chi connectivity index (χ4v) is 3.24. The van der Waals surface area contributed by atoms with Gasteiger partial charge in [-0.15, -0.1) is 0 Å². The lowest BCUT2D eigenvalue weighted by Gasteiger charge is -2.36. The second-order valence-corrected chi connectivity index (χ2v) is 7.58. The lowest BCUT2D eigenvalue weighted by atomic mass is 10.1. The fourth-order valence-electron chi connectivity index (χ4n) is 3.24. The summed E-state index contributed by atoms with van der Waals surface area (Å²) in [4.78, 5) is 40.8. The number of rotatable bonds is 10. The molecule has 1 aliphatic heterocycles. The van der Waals surface area contributed by atoms with Crippen LogP contribution in [-0.2, 0) is 19.1 Å². The van der Waals surface area contributed by atoms with Gasteiger partial charge in [-0.1, -0.05) is 13.0 Å². The van der Waals surface area contributed by atoms with Crippen molar-refractivity contribution < 1.29 is 24.2 Å². The Balaban J connectivity index is 3.02. The van der Waals surface area contributed by atoms with E-state index in [0.717, 1.165) is 19.3 Å². The molecule has 1 heterocycles. The second-order valence-electron chi connectivity index (χ2n) is 7.58. The summed E-state index contributed by atoms with van der Waals surface area (Å²) < 4.78 is 4.98. The largest absolute Gasteiger partial charge is 0.460 e. The Morgan fingerprint density at radius 3 is 2.55 bits per heavy atom. The molecule has 0 saturated carbocycles. The maximum Gasteiger partial charge on any atom is 0.335 e. The van der Waals surface area contributed by atoms with Gasteiger partial charge < -0.3 is 20.1 Å². The molecule has 1 rings (SSSR count). The molecule has 1 fully saturated rings. The minimum atomic E-state index is -0.594. The number of esters is 1. The van der Waals surface area contributed by atoms with Crippen LogP contribution in [0.5, 0.6) is 0 Å². The van der Waals surface area contributed by atoms with Crippen molar-refractivity contribution in [1.29, 1.82) is 0 Å². The number of nitrogens with one attached hydrogen (secondary N) is 1. The van der Waals surface area contributed by atoms with Crippen LogP contribution in [0, 0.1) is 0 Å². The standard InChI is InChI=1S/C21H35N3O5/c1-15(2)20(27)22-17(16(3)21(28)29-14-13-25)10-11-18(23(4)5)24-12-8-6-7-9-19(24)26/h18,25H,1,6-14H2,2-5H3,(H,22,27). The molecule has 0 aliphatic carbocycles. The van der Waals surface area contributed by atoms with E-state index in [1.807, 2.05) is 23.9 Å². The van der Waals surface area contributed by atoms with Crippen LogP contribution >= 0.6 is 0 Å². The number of hydrogen-bond donors (Lipinski definition) is 2. The van der Waals surface area contributed by atoms with Crippen molar-refractivity contribution in [2.24, 2.45) is 0 Å². The molecule has 0 radical (unpaired) electrons. The minimum absolute atomic E-state index is 0.111. The normalized spacial score (nSPS) is 16.8. The predicted molar refractivity (Wildman–Crippen MR) is 111 cm³/mol. The van der Waals surface area contributed by atoms with Crippen molar-refractivity contribution in [2.45, 2.75) is 58.5 Å². The van der Waals surface area contributed by atoms with Gasteiger partial charge in [0.2, 0.25) is 11.8 Å². The number of aliphatic hydroxyl groups is 1. The number of hydrogen-bond acceptors (Lipinski definition) is 6. The molecular weight excluding hydrogens is 374 g/mol. The highest BCUT2D eigenvalue weighted by Crippen LogP contribution is 2.21. The Bertz CT molecular complexity index is 642.